The molecular weight excluding hydrogens is 538 g/mol. The van der Waals surface area contributed by atoms with E-state index in [0.717, 1.165) is 48.0 Å². The predicted octanol–water partition coefficient (Wildman–Crippen LogP) is 5.64. The van der Waals surface area contributed by atoms with E-state index in [1.165, 1.54) is 30.6 Å². The van der Waals surface area contributed by atoms with E-state index in [2.05, 4.69) is 31.2 Å². The van der Waals surface area contributed by atoms with Gasteiger partial charge in [0, 0.05) is 42.6 Å². The Labute approximate surface area is 243 Å². The highest BCUT2D eigenvalue weighted by Crippen LogP contribution is 2.26. The summed E-state index contributed by atoms with van der Waals surface area (Å²) in [5.74, 6) is 0.132. The molecule has 3 heterocycles. The SMILES string of the molecule is O=C(Nc1cccc(N/C(=C/N([O-])O)NCCN2CCCCC2)c1)c1sccc1NCc1ccnc2ccccc12. The number of anilines is 3. The first-order valence-electron chi connectivity index (χ1n) is 13.7. The van der Waals surface area contributed by atoms with Crippen LogP contribution < -0.4 is 21.3 Å². The topological polar surface area (TPSA) is 128 Å². The number of amides is 1. The molecular formula is C30H34N7O3S-. The van der Waals surface area contributed by atoms with Crippen LogP contribution in [-0.2, 0) is 6.54 Å². The van der Waals surface area contributed by atoms with Gasteiger partial charge in [-0.05, 0) is 73.3 Å². The largest absolute Gasteiger partial charge is 0.734 e. The van der Waals surface area contributed by atoms with Gasteiger partial charge in [0.25, 0.3) is 5.91 Å². The van der Waals surface area contributed by atoms with Crippen molar-refractivity contribution < 1.29 is 10.0 Å². The minimum absolute atomic E-state index is 0.226. The molecule has 5 rings (SSSR count). The quantitative estimate of drug-likeness (QED) is 0.137. The molecule has 0 atom stereocenters. The van der Waals surface area contributed by atoms with Crippen LogP contribution in [0.25, 0.3) is 10.9 Å². The molecule has 0 spiro atoms. The highest BCUT2D eigenvalue weighted by atomic mass is 32.1. The number of thiophene rings is 1. The number of nitrogens with one attached hydrogen (secondary N) is 4. The zero-order valence-electron chi connectivity index (χ0n) is 22.7. The maximum atomic E-state index is 13.2. The minimum Gasteiger partial charge on any atom is -0.734 e. The second-order valence-corrected chi connectivity index (χ2v) is 10.8. The summed E-state index contributed by atoms with van der Waals surface area (Å²) >= 11 is 1.36. The van der Waals surface area contributed by atoms with Gasteiger partial charge in [-0.3, -0.25) is 15.0 Å². The van der Waals surface area contributed by atoms with Crippen molar-refractivity contribution in [3.05, 3.63) is 99.9 Å². The molecule has 4 aromatic rings. The number of para-hydroxylation sites is 1. The molecule has 41 heavy (non-hydrogen) atoms. The maximum Gasteiger partial charge on any atom is 0.267 e. The van der Waals surface area contributed by atoms with Crippen molar-refractivity contribution in [1.82, 2.24) is 20.4 Å². The lowest BCUT2D eigenvalue weighted by atomic mass is 10.1. The number of hydrogen-bond donors (Lipinski definition) is 5. The maximum absolute atomic E-state index is 13.2. The fraction of sp³-hybridized carbons (Fsp3) is 0.267. The monoisotopic (exact) mass is 572 g/mol. The highest BCUT2D eigenvalue weighted by Gasteiger charge is 2.15. The molecule has 2 aromatic carbocycles. The number of fused-ring (bicyclic) bond motifs is 1. The Balaban J connectivity index is 1.20. The molecule has 0 saturated carbocycles. The lowest BCUT2D eigenvalue weighted by Gasteiger charge is -2.27. The average Bonchev–Trinajstić information content (AvgIpc) is 3.45. The number of hydroxylamine groups is 2. The first-order chi connectivity index (χ1) is 20.0. The van der Waals surface area contributed by atoms with E-state index in [1.54, 1.807) is 24.4 Å². The number of carbonyl (C=O) groups excluding carboxylic acids is 1. The van der Waals surface area contributed by atoms with Gasteiger partial charge in [-0.15, -0.1) is 11.3 Å². The van der Waals surface area contributed by atoms with Gasteiger partial charge in [-0.2, -0.15) is 0 Å². The number of aromatic nitrogens is 1. The second-order valence-electron chi connectivity index (χ2n) is 9.84. The van der Waals surface area contributed by atoms with Gasteiger partial charge in [-0.1, -0.05) is 30.7 Å². The first-order valence-corrected chi connectivity index (χ1v) is 14.6. The third kappa shape index (κ3) is 7.95. The Bertz CT molecular complexity index is 1480. The van der Waals surface area contributed by atoms with Crippen LogP contribution in [0, 0.1) is 5.21 Å². The fourth-order valence-corrected chi connectivity index (χ4v) is 5.67. The molecule has 1 saturated heterocycles. The molecule has 1 aliphatic rings. The van der Waals surface area contributed by atoms with Gasteiger partial charge in [-0.25, -0.2) is 0 Å². The number of carbonyl (C=O) groups is 1. The van der Waals surface area contributed by atoms with Gasteiger partial charge in [0.2, 0.25) is 0 Å². The van der Waals surface area contributed by atoms with Gasteiger partial charge >= 0.3 is 0 Å². The number of hydrogen-bond acceptors (Lipinski definition) is 10. The molecule has 0 unspecified atom stereocenters. The summed E-state index contributed by atoms with van der Waals surface area (Å²) in [7, 11) is 0. The Kier molecular flexibility index (Phi) is 9.65. The van der Waals surface area contributed by atoms with Crippen molar-refractivity contribution in [2.45, 2.75) is 25.8 Å². The van der Waals surface area contributed by atoms with Crippen LogP contribution in [0.2, 0.25) is 0 Å². The van der Waals surface area contributed by atoms with Crippen LogP contribution in [-0.4, -0.2) is 52.4 Å². The van der Waals surface area contributed by atoms with E-state index in [4.69, 9.17) is 0 Å². The van der Waals surface area contributed by atoms with Crippen molar-refractivity contribution in [3.8, 4) is 0 Å². The number of likely N-dealkylation sites (tertiary alicyclic amines) is 1. The first kappa shape index (κ1) is 28.4. The summed E-state index contributed by atoms with van der Waals surface area (Å²) in [5, 5.41) is 36.0. The molecule has 10 nitrogen and oxygen atoms in total. The molecule has 2 aromatic heterocycles. The molecule has 1 aliphatic heterocycles. The molecule has 0 aliphatic carbocycles. The van der Waals surface area contributed by atoms with Crippen LogP contribution in [0.3, 0.4) is 0 Å². The number of benzene rings is 2. The van der Waals surface area contributed by atoms with E-state index in [9.17, 15) is 15.2 Å². The average molecular weight is 573 g/mol. The zero-order chi connectivity index (χ0) is 28.4. The van der Waals surface area contributed by atoms with Crippen molar-refractivity contribution in [1.29, 1.82) is 0 Å². The van der Waals surface area contributed by atoms with Crippen LogP contribution in [0.5, 0.6) is 0 Å². The van der Waals surface area contributed by atoms with Crippen molar-refractivity contribution in [2.75, 3.05) is 42.1 Å². The molecule has 0 radical (unpaired) electrons. The lowest BCUT2D eigenvalue weighted by molar-refractivity contribution is 0.0106. The Morgan fingerprint density at radius 3 is 2.68 bits per heavy atom. The number of nitrogens with zero attached hydrogens (tertiary/aromatic N) is 3. The van der Waals surface area contributed by atoms with Gasteiger partial charge in [0.15, 0.2) is 0 Å². The summed E-state index contributed by atoms with van der Waals surface area (Å²) in [5.41, 5.74) is 4.02. The predicted molar refractivity (Wildman–Crippen MR) is 165 cm³/mol. The van der Waals surface area contributed by atoms with Crippen molar-refractivity contribution in [2.24, 2.45) is 0 Å². The Morgan fingerprint density at radius 2 is 1.85 bits per heavy atom. The number of rotatable bonds is 12. The Hall–Kier alpha value is -4.16. The summed E-state index contributed by atoms with van der Waals surface area (Å²) in [6.45, 7) is 4.17. The van der Waals surface area contributed by atoms with Crippen LogP contribution in [0.1, 0.15) is 34.5 Å². The fourth-order valence-electron chi connectivity index (χ4n) is 4.91. The zero-order valence-corrected chi connectivity index (χ0v) is 23.5. The summed E-state index contributed by atoms with van der Waals surface area (Å²) in [6, 6.07) is 19.1. The summed E-state index contributed by atoms with van der Waals surface area (Å²) < 4.78 is 0. The summed E-state index contributed by atoms with van der Waals surface area (Å²) in [4.78, 5) is 20.6. The van der Waals surface area contributed by atoms with Crippen LogP contribution >= 0.6 is 11.3 Å². The van der Waals surface area contributed by atoms with Crippen LogP contribution in [0.4, 0.5) is 17.1 Å². The van der Waals surface area contributed by atoms with Gasteiger partial charge < -0.3 is 36.6 Å². The van der Waals surface area contributed by atoms with E-state index in [1.807, 2.05) is 47.8 Å². The van der Waals surface area contributed by atoms with Gasteiger partial charge in [0.1, 0.15) is 10.7 Å². The van der Waals surface area contributed by atoms with E-state index in [0.29, 0.717) is 35.2 Å². The van der Waals surface area contributed by atoms with Crippen LogP contribution in [0.15, 0.2) is 84.3 Å². The molecule has 214 valence electrons. The minimum atomic E-state index is -0.234. The Morgan fingerprint density at radius 1 is 1.05 bits per heavy atom. The number of piperidine rings is 1. The molecule has 1 amide bonds. The van der Waals surface area contributed by atoms with E-state index >= 15 is 0 Å². The van der Waals surface area contributed by atoms with Gasteiger partial charge in [0.05, 0.1) is 17.4 Å². The molecule has 1 fully saturated rings. The second kappa shape index (κ2) is 14.0. The number of pyridine rings is 1. The molecule has 0 bridgehead atoms. The van der Waals surface area contributed by atoms with E-state index in [-0.39, 0.29) is 11.1 Å². The smallest absolute Gasteiger partial charge is 0.267 e. The van der Waals surface area contributed by atoms with E-state index < -0.39 is 0 Å². The lowest BCUT2D eigenvalue weighted by Crippen LogP contribution is -2.36. The highest BCUT2D eigenvalue weighted by molar-refractivity contribution is 7.12. The third-order valence-electron chi connectivity index (χ3n) is 6.91. The summed E-state index contributed by atoms with van der Waals surface area (Å²) in [6.07, 6.45) is 6.51. The molecule has 11 heteroatoms. The van der Waals surface area contributed by atoms with Crippen molar-refractivity contribution in [3.63, 3.8) is 0 Å². The normalized spacial score (nSPS) is 14.0. The van der Waals surface area contributed by atoms with Crippen molar-refractivity contribution >= 4 is 45.2 Å². The molecule has 5 N–H and O–H groups in total. The third-order valence-corrected chi connectivity index (χ3v) is 7.82. The standard InChI is InChI=1S/C30H34N7O3S/c38-30(29-27(12-18-41-29)33-20-22-11-13-31-26-10-3-2-9-25(22)26)35-24-8-6-7-23(19-24)34-28(21-37(39)40)32-14-17-36-15-4-1-5-16-36/h2-3,6-13,18-19,21,32-34,39H,1,4-5,14-17,20H2,(H,35,38)/q-1/b28-21+.